The van der Waals surface area contributed by atoms with Gasteiger partial charge in [0.15, 0.2) is 0 Å². The topological polar surface area (TPSA) is 69.6 Å². The molecule has 1 amide bonds. The van der Waals surface area contributed by atoms with E-state index in [1.165, 1.54) is 0 Å². The van der Waals surface area contributed by atoms with Gasteiger partial charge < -0.3 is 15.4 Å². The zero-order valence-corrected chi connectivity index (χ0v) is 8.45. The highest BCUT2D eigenvalue weighted by atomic mass is 16.4. The number of carbonyl (C=O) groups excluding carboxylic acids is 1. The molecule has 0 saturated heterocycles. The minimum absolute atomic E-state index is 0.154. The van der Waals surface area contributed by atoms with Gasteiger partial charge in [0.25, 0.3) is 0 Å². The highest BCUT2D eigenvalue weighted by Crippen LogP contribution is 2.05. The van der Waals surface area contributed by atoms with E-state index in [1.807, 2.05) is 13.8 Å². The molecule has 5 heteroatoms. The quantitative estimate of drug-likeness (QED) is 0.528. The maximum Gasteiger partial charge on any atom is 0.475 e. The predicted molar refractivity (Wildman–Crippen MR) is 51.9 cm³/mol. The summed E-state index contributed by atoms with van der Waals surface area (Å²) in [6.07, 6.45) is 0.935. The molecule has 76 valence electrons. The van der Waals surface area contributed by atoms with E-state index in [0.717, 1.165) is 0 Å². The van der Waals surface area contributed by atoms with E-state index in [2.05, 4.69) is 5.32 Å². The van der Waals surface area contributed by atoms with Crippen molar-refractivity contribution in [2.75, 3.05) is 0 Å². The first-order valence-corrected chi connectivity index (χ1v) is 4.62. The van der Waals surface area contributed by atoms with Crippen molar-refractivity contribution in [2.24, 2.45) is 5.92 Å². The summed E-state index contributed by atoms with van der Waals surface area (Å²) in [5.41, 5.74) is 0. The van der Waals surface area contributed by atoms with Gasteiger partial charge in [0.1, 0.15) is 0 Å². The lowest BCUT2D eigenvalue weighted by Gasteiger charge is -2.19. The van der Waals surface area contributed by atoms with Crippen LogP contribution in [0.15, 0.2) is 0 Å². The summed E-state index contributed by atoms with van der Waals surface area (Å²) >= 11 is 0. The predicted octanol–water partition coefficient (Wildman–Crippen LogP) is -0.0607. The van der Waals surface area contributed by atoms with Crippen LogP contribution >= 0.6 is 0 Å². The van der Waals surface area contributed by atoms with Crippen LogP contribution in [0.2, 0.25) is 0 Å². The van der Waals surface area contributed by atoms with Crippen molar-refractivity contribution in [1.82, 2.24) is 5.32 Å². The largest absolute Gasteiger partial charge is 0.475 e. The molecule has 0 aromatic carbocycles. The molecule has 0 aromatic heterocycles. The molecule has 0 aliphatic carbocycles. The van der Waals surface area contributed by atoms with Crippen LogP contribution in [0, 0.1) is 5.92 Å². The minimum Gasteiger partial charge on any atom is -0.426 e. The minimum atomic E-state index is -1.47. The third-order valence-electron chi connectivity index (χ3n) is 1.75. The summed E-state index contributed by atoms with van der Waals surface area (Å²) in [6.45, 7) is 5.66. The molecule has 0 unspecified atom stereocenters. The zero-order chi connectivity index (χ0) is 10.4. The first kappa shape index (κ1) is 12.5. The van der Waals surface area contributed by atoms with Crippen molar-refractivity contribution in [3.63, 3.8) is 0 Å². The van der Waals surface area contributed by atoms with Crippen molar-refractivity contribution >= 4 is 13.0 Å². The smallest absolute Gasteiger partial charge is 0.426 e. The van der Waals surface area contributed by atoms with E-state index < -0.39 is 13.1 Å². The number of rotatable bonds is 5. The molecule has 0 aromatic rings. The lowest BCUT2D eigenvalue weighted by atomic mass is 9.75. The van der Waals surface area contributed by atoms with E-state index in [0.29, 0.717) is 18.8 Å². The summed E-state index contributed by atoms with van der Waals surface area (Å²) in [5.74, 6) is -0.379. The summed E-state index contributed by atoms with van der Waals surface area (Å²) in [5, 5.41) is 20.5. The first-order valence-electron chi connectivity index (χ1n) is 4.62. The van der Waals surface area contributed by atoms with Gasteiger partial charge in [-0.15, -0.1) is 0 Å². The molecule has 3 N–H and O–H groups in total. The molecular formula is C8H18BNO3. The van der Waals surface area contributed by atoms with E-state index in [4.69, 9.17) is 10.0 Å². The molecule has 0 radical (unpaired) electrons. The van der Waals surface area contributed by atoms with Crippen molar-refractivity contribution in [3.8, 4) is 0 Å². The Morgan fingerprint density at radius 2 is 2.00 bits per heavy atom. The highest BCUT2D eigenvalue weighted by Gasteiger charge is 2.25. The maximum atomic E-state index is 11.0. The fourth-order valence-corrected chi connectivity index (χ4v) is 1.07. The average Bonchev–Trinajstić information content (AvgIpc) is 2.02. The van der Waals surface area contributed by atoms with Crippen molar-refractivity contribution in [3.05, 3.63) is 0 Å². The monoisotopic (exact) mass is 187 g/mol. The molecular weight excluding hydrogens is 169 g/mol. The second-order valence-electron chi connectivity index (χ2n) is 3.57. The Hall–Kier alpha value is -0.545. The fourth-order valence-electron chi connectivity index (χ4n) is 1.07. The van der Waals surface area contributed by atoms with Crippen molar-refractivity contribution in [2.45, 2.75) is 39.6 Å². The number of hydrogen-bond donors (Lipinski definition) is 3. The lowest BCUT2D eigenvalue weighted by molar-refractivity contribution is -0.121. The normalized spacial score (nSPS) is 12.8. The van der Waals surface area contributed by atoms with Crippen LogP contribution in [0.25, 0.3) is 0 Å². The zero-order valence-electron chi connectivity index (χ0n) is 8.45. The molecule has 1 atom stereocenters. The molecule has 0 fully saturated rings. The molecule has 0 spiro atoms. The van der Waals surface area contributed by atoms with Crippen LogP contribution in [0.5, 0.6) is 0 Å². The number of hydrogen-bond acceptors (Lipinski definition) is 3. The molecule has 0 heterocycles. The Morgan fingerprint density at radius 3 is 2.31 bits per heavy atom. The molecule has 0 aliphatic rings. The highest BCUT2D eigenvalue weighted by molar-refractivity contribution is 6.43. The molecule has 13 heavy (non-hydrogen) atoms. The van der Waals surface area contributed by atoms with Gasteiger partial charge in [-0.2, -0.15) is 0 Å². The van der Waals surface area contributed by atoms with E-state index in [-0.39, 0.29) is 5.91 Å². The van der Waals surface area contributed by atoms with E-state index >= 15 is 0 Å². The van der Waals surface area contributed by atoms with Gasteiger partial charge in [-0.3, -0.25) is 4.79 Å². The molecule has 0 bridgehead atoms. The Kier molecular flexibility index (Phi) is 5.74. The summed E-state index contributed by atoms with van der Waals surface area (Å²) in [6, 6.07) is 0. The summed E-state index contributed by atoms with van der Waals surface area (Å²) in [7, 11) is -1.47. The van der Waals surface area contributed by atoms with Gasteiger partial charge in [0, 0.05) is 6.42 Å². The van der Waals surface area contributed by atoms with Crippen molar-refractivity contribution in [1.29, 1.82) is 0 Å². The average molecular weight is 187 g/mol. The standard InChI is InChI=1S/C8H18BNO3/c1-4-8(11)10-7(9(12)13)5-6(2)3/h6-7,12-13H,4-5H2,1-3H3,(H,10,11)/t7-/m0/s1. The molecule has 0 saturated carbocycles. The molecule has 0 aliphatic heterocycles. The van der Waals surface area contributed by atoms with Crippen LogP contribution < -0.4 is 5.32 Å². The van der Waals surface area contributed by atoms with Crippen LogP contribution in [-0.4, -0.2) is 29.0 Å². The second-order valence-corrected chi connectivity index (χ2v) is 3.57. The Morgan fingerprint density at radius 1 is 1.46 bits per heavy atom. The van der Waals surface area contributed by atoms with Crippen molar-refractivity contribution < 1.29 is 14.8 Å². The lowest BCUT2D eigenvalue weighted by Crippen LogP contribution is -2.46. The van der Waals surface area contributed by atoms with Gasteiger partial charge in [0.2, 0.25) is 5.91 Å². The summed E-state index contributed by atoms with van der Waals surface area (Å²) in [4.78, 5) is 11.0. The van der Waals surface area contributed by atoms with Gasteiger partial charge in [0.05, 0.1) is 5.94 Å². The number of nitrogens with one attached hydrogen (secondary N) is 1. The van der Waals surface area contributed by atoms with E-state index in [9.17, 15) is 4.79 Å². The Labute approximate surface area is 79.5 Å². The van der Waals surface area contributed by atoms with Gasteiger partial charge in [-0.05, 0) is 12.3 Å². The van der Waals surface area contributed by atoms with Gasteiger partial charge in [-0.25, -0.2) is 0 Å². The Bertz CT molecular complexity index is 161. The third kappa shape index (κ3) is 5.66. The van der Waals surface area contributed by atoms with Gasteiger partial charge in [-0.1, -0.05) is 20.8 Å². The van der Waals surface area contributed by atoms with Gasteiger partial charge >= 0.3 is 7.12 Å². The summed E-state index contributed by atoms with van der Waals surface area (Å²) < 4.78 is 0. The van der Waals surface area contributed by atoms with Crippen LogP contribution in [0.1, 0.15) is 33.6 Å². The molecule has 4 nitrogen and oxygen atoms in total. The maximum absolute atomic E-state index is 11.0. The third-order valence-corrected chi connectivity index (χ3v) is 1.75. The van der Waals surface area contributed by atoms with E-state index in [1.54, 1.807) is 6.92 Å². The van der Waals surface area contributed by atoms with Crippen LogP contribution in [-0.2, 0) is 4.79 Å². The number of carbonyl (C=O) groups is 1. The first-order chi connectivity index (χ1) is 5.97. The van der Waals surface area contributed by atoms with Crippen LogP contribution in [0.4, 0.5) is 0 Å². The van der Waals surface area contributed by atoms with Crippen LogP contribution in [0.3, 0.4) is 0 Å². The SMILES string of the molecule is CCC(=O)N[C@@H](CC(C)C)B(O)O. The number of amides is 1. The second kappa shape index (κ2) is 5.99. The Balaban J connectivity index is 4.02. The molecule has 0 rings (SSSR count). The fraction of sp³-hybridized carbons (Fsp3) is 0.875.